The van der Waals surface area contributed by atoms with Crippen LogP contribution in [0, 0.1) is 0 Å². The number of unbranched alkanes of at least 4 members (excludes halogenated alkanes) is 1. The molecular weight excluding hydrogens is 286 g/mol. The molecular formula is C19H25N3O. The molecule has 1 aromatic carbocycles. The Morgan fingerprint density at radius 1 is 1.09 bits per heavy atom. The van der Waals surface area contributed by atoms with Crippen molar-refractivity contribution < 1.29 is 4.79 Å². The molecule has 2 rings (SSSR count). The zero-order chi connectivity index (χ0) is 16.7. The van der Waals surface area contributed by atoms with Crippen LogP contribution >= 0.6 is 0 Å². The average molecular weight is 311 g/mol. The Kier molecular flexibility index (Phi) is 6.15. The molecule has 0 unspecified atom stereocenters. The molecule has 0 radical (unpaired) electrons. The second-order valence-corrected chi connectivity index (χ2v) is 5.82. The summed E-state index contributed by atoms with van der Waals surface area (Å²) in [5, 5.41) is 0. The highest BCUT2D eigenvalue weighted by atomic mass is 16.2. The second kappa shape index (κ2) is 8.32. The van der Waals surface area contributed by atoms with Gasteiger partial charge in [-0.05, 0) is 24.1 Å². The molecule has 1 aromatic heterocycles. The van der Waals surface area contributed by atoms with Gasteiger partial charge in [0.15, 0.2) is 0 Å². The van der Waals surface area contributed by atoms with Crippen molar-refractivity contribution in [3.8, 4) is 0 Å². The minimum atomic E-state index is -0.0587. The fourth-order valence-corrected chi connectivity index (χ4v) is 2.39. The van der Waals surface area contributed by atoms with Crippen LogP contribution in [-0.2, 0) is 6.54 Å². The van der Waals surface area contributed by atoms with E-state index in [-0.39, 0.29) is 5.91 Å². The molecule has 0 saturated carbocycles. The Hall–Kier alpha value is -2.36. The molecule has 0 fully saturated rings. The lowest BCUT2D eigenvalue weighted by Gasteiger charge is -2.20. The summed E-state index contributed by atoms with van der Waals surface area (Å²) in [6, 6.07) is 13.7. The number of hydrogen-bond donors (Lipinski definition) is 0. The molecule has 1 heterocycles. The predicted molar refractivity (Wildman–Crippen MR) is 94.7 cm³/mol. The van der Waals surface area contributed by atoms with Crippen molar-refractivity contribution in [1.29, 1.82) is 0 Å². The van der Waals surface area contributed by atoms with Crippen LogP contribution in [0.2, 0.25) is 0 Å². The number of anilines is 1. The van der Waals surface area contributed by atoms with E-state index in [9.17, 15) is 4.79 Å². The maximum Gasteiger partial charge on any atom is 0.272 e. The van der Waals surface area contributed by atoms with Crippen LogP contribution in [0.25, 0.3) is 0 Å². The SMILES string of the molecule is CCCCN(C)c1ccc(C(=O)N(C)Cc2ccccc2)nc1. The lowest BCUT2D eigenvalue weighted by Crippen LogP contribution is -2.27. The molecule has 0 saturated heterocycles. The molecule has 0 atom stereocenters. The van der Waals surface area contributed by atoms with Crippen LogP contribution in [0.4, 0.5) is 5.69 Å². The number of carbonyl (C=O) groups is 1. The third-order valence-corrected chi connectivity index (χ3v) is 3.86. The summed E-state index contributed by atoms with van der Waals surface area (Å²) < 4.78 is 0. The van der Waals surface area contributed by atoms with Gasteiger partial charge in [0.2, 0.25) is 0 Å². The van der Waals surface area contributed by atoms with Crippen LogP contribution < -0.4 is 4.90 Å². The van der Waals surface area contributed by atoms with Gasteiger partial charge in [-0.15, -0.1) is 0 Å². The van der Waals surface area contributed by atoms with Crippen LogP contribution in [0.15, 0.2) is 48.7 Å². The number of carbonyl (C=O) groups excluding carboxylic acids is 1. The van der Waals surface area contributed by atoms with Crippen LogP contribution in [0.3, 0.4) is 0 Å². The fraction of sp³-hybridized carbons (Fsp3) is 0.368. The molecule has 4 heteroatoms. The van der Waals surface area contributed by atoms with Gasteiger partial charge < -0.3 is 9.80 Å². The molecule has 1 amide bonds. The van der Waals surface area contributed by atoms with Crippen LogP contribution in [0.1, 0.15) is 35.8 Å². The molecule has 0 N–H and O–H groups in total. The van der Waals surface area contributed by atoms with E-state index in [2.05, 4.69) is 23.9 Å². The van der Waals surface area contributed by atoms with Gasteiger partial charge in [0.1, 0.15) is 5.69 Å². The first-order valence-corrected chi connectivity index (χ1v) is 8.08. The van der Waals surface area contributed by atoms with Crippen molar-refractivity contribution >= 4 is 11.6 Å². The highest BCUT2D eigenvalue weighted by molar-refractivity contribution is 5.92. The number of benzene rings is 1. The van der Waals surface area contributed by atoms with E-state index in [1.807, 2.05) is 42.5 Å². The van der Waals surface area contributed by atoms with E-state index in [4.69, 9.17) is 0 Å². The maximum absolute atomic E-state index is 12.5. The van der Waals surface area contributed by atoms with Crippen molar-refractivity contribution in [2.75, 3.05) is 25.5 Å². The van der Waals surface area contributed by atoms with E-state index in [1.54, 1.807) is 18.1 Å². The first kappa shape index (κ1) is 17.0. The van der Waals surface area contributed by atoms with Crippen molar-refractivity contribution in [3.63, 3.8) is 0 Å². The van der Waals surface area contributed by atoms with Gasteiger partial charge in [0.05, 0.1) is 11.9 Å². The first-order valence-electron chi connectivity index (χ1n) is 8.08. The van der Waals surface area contributed by atoms with Gasteiger partial charge in [-0.25, -0.2) is 4.98 Å². The van der Waals surface area contributed by atoms with E-state index in [1.165, 1.54) is 6.42 Å². The zero-order valence-electron chi connectivity index (χ0n) is 14.2. The Morgan fingerprint density at radius 3 is 2.43 bits per heavy atom. The number of hydrogen-bond acceptors (Lipinski definition) is 3. The molecule has 23 heavy (non-hydrogen) atoms. The van der Waals surface area contributed by atoms with Gasteiger partial charge in [-0.2, -0.15) is 0 Å². The predicted octanol–water partition coefficient (Wildman–Crippen LogP) is 3.59. The first-order chi connectivity index (χ1) is 11.1. The van der Waals surface area contributed by atoms with Gasteiger partial charge in [-0.3, -0.25) is 4.79 Å². The largest absolute Gasteiger partial charge is 0.373 e. The normalized spacial score (nSPS) is 10.4. The standard InChI is InChI=1S/C19H25N3O/c1-4-5-13-21(2)17-11-12-18(20-14-17)19(23)22(3)15-16-9-7-6-8-10-16/h6-12,14H,4-5,13,15H2,1-3H3. The number of nitrogens with zero attached hydrogens (tertiary/aromatic N) is 3. The highest BCUT2D eigenvalue weighted by Crippen LogP contribution is 2.13. The van der Waals surface area contributed by atoms with E-state index >= 15 is 0 Å². The zero-order valence-corrected chi connectivity index (χ0v) is 14.2. The van der Waals surface area contributed by atoms with Gasteiger partial charge in [0, 0.05) is 27.2 Å². The Balaban J connectivity index is 1.99. The third-order valence-electron chi connectivity index (χ3n) is 3.86. The summed E-state index contributed by atoms with van der Waals surface area (Å²) in [6.45, 7) is 3.76. The highest BCUT2D eigenvalue weighted by Gasteiger charge is 2.13. The summed E-state index contributed by atoms with van der Waals surface area (Å²) in [7, 11) is 3.86. The Morgan fingerprint density at radius 2 is 1.83 bits per heavy atom. The summed E-state index contributed by atoms with van der Waals surface area (Å²) in [6.07, 6.45) is 4.09. The molecule has 0 spiro atoms. The summed E-state index contributed by atoms with van der Waals surface area (Å²) in [5.41, 5.74) is 2.64. The summed E-state index contributed by atoms with van der Waals surface area (Å²) >= 11 is 0. The third kappa shape index (κ3) is 4.81. The molecule has 0 aliphatic carbocycles. The molecule has 0 aliphatic heterocycles. The van der Waals surface area contributed by atoms with Crippen molar-refractivity contribution in [2.45, 2.75) is 26.3 Å². The quantitative estimate of drug-likeness (QED) is 0.784. The molecule has 122 valence electrons. The lowest BCUT2D eigenvalue weighted by atomic mass is 10.2. The van der Waals surface area contributed by atoms with E-state index in [0.717, 1.165) is 24.2 Å². The Labute approximate surface area is 138 Å². The van der Waals surface area contributed by atoms with Crippen molar-refractivity contribution in [3.05, 3.63) is 59.9 Å². The maximum atomic E-state index is 12.5. The van der Waals surface area contributed by atoms with E-state index < -0.39 is 0 Å². The van der Waals surface area contributed by atoms with Crippen molar-refractivity contribution in [1.82, 2.24) is 9.88 Å². The minimum absolute atomic E-state index is 0.0587. The summed E-state index contributed by atoms with van der Waals surface area (Å²) in [5.74, 6) is -0.0587. The minimum Gasteiger partial charge on any atom is -0.373 e. The summed E-state index contributed by atoms with van der Waals surface area (Å²) in [4.78, 5) is 20.6. The second-order valence-electron chi connectivity index (χ2n) is 5.82. The van der Waals surface area contributed by atoms with Crippen molar-refractivity contribution in [2.24, 2.45) is 0 Å². The fourth-order valence-electron chi connectivity index (χ4n) is 2.39. The van der Waals surface area contributed by atoms with Crippen LogP contribution in [0.5, 0.6) is 0 Å². The lowest BCUT2D eigenvalue weighted by molar-refractivity contribution is 0.0779. The molecule has 4 nitrogen and oxygen atoms in total. The molecule has 2 aromatic rings. The van der Waals surface area contributed by atoms with Gasteiger partial charge in [0.25, 0.3) is 5.91 Å². The number of pyridine rings is 1. The van der Waals surface area contributed by atoms with Gasteiger partial charge >= 0.3 is 0 Å². The number of rotatable bonds is 7. The number of amides is 1. The molecule has 0 aliphatic rings. The topological polar surface area (TPSA) is 36.4 Å². The van der Waals surface area contributed by atoms with Gasteiger partial charge in [-0.1, -0.05) is 43.7 Å². The Bertz CT molecular complexity index is 610. The molecule has 0 bridgehead atoms. The average Bonchev–Trinajstić information content (AvgIpc) is 2.60. The number of aromatic nitrogens is 1. The monoisotopic (exact) mass is 311 g/mol. The van der Waals surface area contributed by atoms with Crippen LogP contribution in [-0.4, -0.2) is 36.4 Å². The van der Waals surface area contributed by atoms with E-state index in [0.29, 0.717) is 12.2 Å². The smallest absolute Gasteiger partial charge is 0.272 e.